The molecule has 12 heteroatoms. The van der Waals surface area contributed by atoms with Crippen molar-refractivity contribution >= 4 is 23.9 Å². The highest BCUT2D eigenvalue weighted by molar-refractivity contribution is 5.73. The van der Waals surface area contributed by atoms with Crippen molar-refractivity contribution in [3.8, 4) is 23.0 Å². The standard InChI is InChI=1S/C14H22O.C12H22O2.C12H16O2.3C10H14O.C9H18O2.C6H12O2/c1-6-11(2)12-7-9-13(10-8-12)15-14(3,4)5;1-4-10(3)11(13)14-12(5-2)8-6-7-9-12;1-3-10(2)12(13)14-9-11-7-5-4-6-8-11;3*1-3-8(2)9-4-6-10(11)7-5-9;1-6-7(2)8(10)11-9(3,4)5;1-4-5(2)6(7)8-3/h7-11H,6H2,1-5H3;10H,4-9H2,1-3H3;4-8,10H,3,9H2,1-2H3;3*4-8,11H,3H2,1-2H3;7H,6H2,1-5H3;5H,4H2,1-3H3. The Hall–Kier alpha value is -6.82. The first-order valence-electron chi connectivity index (χ1n) is 35.5. The summed E-state index contributed by atoms with van der Waals surface area (Å²) in [5, 5.41) is 27.0. The molecule has 1 saturated carbocycles. The van der Waals surface area contributed by atoms with E-state index in [1.165, 1.54) is 48.6 Å². The van der Waals surface area contributed by atoms with Gasteiger partial charge in [0.25, 0.3) is 0 Å². The number of phenolic OH excluding ortho intramolecular Hbond substituents is 3. The molecule has 5 aromatic rings. The number of carbonyl (C=O) groups excluding carboxylic acids is 4. The molecule has 0 amide bonds. The fraction of sp³-hybridized carbons (Fsp3) is 0.590. The maximum absolute atomic E-state index is 11.7. The molecule has 5 aromatic carbocycles. The number of aromatic hydroxyl groups is 3. The van der Waals surface area contributed by atoms with Gasteiger partial charge in [0, 0.05) is 0 Å². The zero-order valence-electron chi connectivity index (χ0n) is 63.7. The molecule has 8 unspecified atom stereocenters. The summed E-state index contributed by atoms with van der Waals surface area (Å²) >= 11 is 0. The number of phenols is 3. The third-order valence-electron chi connectivity index (χ3n) is 17.1. The smallest absolute Gasteiger partial charge is 0.309 e. The lowest BCUT2D eigenvalue weighted by Crippen LogP contribution is -2.33. The van der Waals surface area contributed by atoms with Gasteiger partial charge in [0.15, 0.2) is 0 Å². The monoisotopic (exact) mass is 1320 g/mol. The molecule has 6 rings (SSSR count). The Bertz CT molecular complexity index is 2610. The molecule has 0 aliphatic heterocycles. The van der Waals surface area contributed by atoms with Crippen molar-refractivity contribution in [3.63, 3.8) is 0 Å². The molecule has 0 radical (unpaired) electrons. The van der Waals surface area contributed by atoms with Crippen LogP contribution in [0, 0.1) is 23.7 Å². The molecule has 0 heterocycles. The lowest BCUT2D eigenvalue weighted by molar-refractivity contribution is -0.164. The average Bonchev–Trinajstić information content (AvgIpc) is 1.78. The van der Waals surface area contributed by atoms with Gasteiger partial charge in [-0.15, -0.1) is 0 Å². The van der Waals surface area contributed by atoms with E-state index in [0.717, 1.165) is 75.5 Å². The van der Waals surface area contributed by atoms with Crippen LogP contribution in [-0.2, 0) is 44.7 Å². The molecule has 8 atom stereocenters. The zero-order valence-corrected chi connectivity index (χ0v) is 63.7. The van der Waals surface area contributed by atoms with Gasteiger partial charge >= 0.3 is 23.9 Å². The summed E-state index contributed by atoms with van der Waals surface area (Å²) in [6.07, 6.45) is 13.5. The molecule has 3 N–H and O–H groups in total. The first-order chi connectivity index (χ1) is 44.6. The molecule has 1 aliphatic carbocycles. The molecule has 536 valence electrons. The molecule has 0 aromatic heterocycles. The largest absolute Gasteiger partial charge is 0.508 e. The van der Waals surface area contributed by atoms with Crippen molar-refractivity contribution in [2.24, 2.45) is 23.7 Å². The summed E-state index contributed by atoms with van der Waals surface area (Å²) in [5.41, 5.74) is 5.74. The van der Waals surface area contributed by atoms with Crippen molar-refractivity contribution in [2.45, 2.75) is 290 Å². The minimum absolute atomic E-state index is 0.00119. The van der Waals surface area contributed by atoms with E-state index in [-0.39, 0.29) is 64.4 Å². The van der Waals surface area contributed by atoms with Crippen LogP contribution >= 0.6 is 0 Å². The van der Waals surface area contributed by atoms with E-state index in [1.807, 2.05) is 143 Å². The number of benzene rings is 5. The Labute approximate surface area is 578 Å². The van der Waals surface area contributed by atoms with Gasteiger partial charge < -0.3 is 39.0 Å². The fourth-order valence-corrected chi connectivity index (χ4v) is 8.57. The topological polar surface area (TPSA) is 175 Å². The quantitative estimate of drug-likeness (QED) is 0.0469. The van der Waals surface area contributed by atoms with Crippen LogP contribution in [0.5, 0.6) is 23.0 Å². The van der Waals surface area contributed by atoms with Crippen molar-refractivity contribution in [2.75, 3.05) is 7.11 Å². The van der Waals surface area contributed by atoms with E-state index in [9.17, 15) is 19.2 Å². The zero-order chi connectivity index (χ0) is 72.9. The number of hydrogen-bond acceptors (Lipinski definition) is 12. The Morgan fingerprint density at radius 1 is 0.411 bits per heavy atom. The van der Waals surface area contributed by atoms with Crippen LogP contribution in [0.1, 0.15) is 294 Å². The highest BCUT2D eigenvalue weighted by atomic mass is 16.6. The summed E-state index contributed by atoms with van der Waals surface area (Å²) < 4.78 is 26.2. The second kappa shape index (κ2) is 49.7. The van der Waals surface area contributed by atoms with Crippen LogP contribution in [-0.4, -0.2) is 63.1 Å². The Balaban J connectivity index is 0. The summed E-state index contributed by atoms with van der Waals surface area (Å²) in [6, 6.07) is 40.4. The number of methoxy groups -OCH3 is 1. The van der Waals surface area contributed by atoms with E-state index < -0.39 is 0 Å². The van der Waals surface area contributed by atoms with Crippen LogP contribution in [0.25, 0.3) is 0 Å². The summed E-state index contributed by atoms with van der Waals surface area (Å²) in [6.45, 7) is 47.4. The minimum atomic E-state index is -0.347. The molecular formula is C83H132O12. The second-order valence-electron chi connectivity index (χ2n) is 27.3. The summed E-state index contributed by atoms with van der Waals surface area (Å²) in [7, 11) is 1.41. The number of hydrogen-bond donors (Lipinski definition) is 3. The lowest BCUT2D eigenvalue weighted by atomic mass is 9.98. The molecule has 0 spiro atoms. The van der Waals surface area contributed by atoms with Gasteiger partial charge in [0.05, 0.1) is 30.8 Å². The first-order valence-corrected chi connectivity index (χ1v) is 35.5. The lowest BCUT2D eigenvalue weighted by Gasteiger charge is -2.29. The van der Waals surface area contributed by atoms with Crippen molar-refractivity contribution in [1.82, 2.24) is 0 Å². The maximum Gasteiger partial charge on any atom is 0.309 e. The number of esters is 4. The minimum Gasteiger partial charge on any atom is -0.508 e. The normalized spacial score (nSPS) is 14.4. The first kappa shape index (κ1) is 90.2. The van der Waals surface area contributed by atoms with Crippen LogP contribution in [0.15, 0.2) is 127 Å². The second-order valence-corrected chi connectivity index (χ2v) is 27.3. The highest BCUT2D eigenvalue weighted by Crippen LogP contribution is 2.37. The number of rotatable bonds is 21. The molecular weight excluding hydrogens is 1190 g/mol. The highest BCUT2D eigenvalue weighted by Gasteiger charge is 2.36. The summed E-state index contributed by atoms with van der Waals surface area (Å²) in [4.78, 5) is 44.7. The Morgan fingerprint density at radius 2 is 0.726 bits per heavy atom. The van der Waals surface area contributed by atoms with Gasteiger partial charge in [-0.05, 0) is 225 Å². The fourth-order valence-electron chi connectivity index (χ4n) is 8.57. The summed E-state index contributed by atoms with van der Waals surface area (Å²) in [5.74, 6) is 4.20. The Kier molecular flexibility index (Phi) is 47.2. The van der Waals surface area contributed by atoms with Crippen molar-refractivity contribution in [1.29, 1.82) is 0 Å². The third-order valence-corrected chi connectivity index (χ3v) is 17.1. The van der Waals surface area contributed by atoms with Crippen molar-refractivity contribution in [3.05, 3.63) is 155 Å². The van der Waals surface area contributed by atoms with Crippen LogP contribution in [0.2, 0.25) is 0 Å². The Morgan fingerprint density at radius 3 is 1.01 bits per heavy atom. The molecule has 95 heavy (non-hydrogen) atoms. The third kappa shape index (κ3) is 41.7. The predicted octanol–water partition coefficient (Wildman–Crippen LogP) is 22.7. The number of carbonyl (C=O) groups is 4. The van der Waals surface area contributed by atoms with Gasteiger partial charge in [-0.1, -0.05) is 197 Å². The molecule has 0 bridgehead atoms. The number of ether oxygens (including phenoxy) is 5. The van der Waals surface area contributed by atoms with Gasteiger partial charge in [0.1, 0.15) is 46.4 Å². The average molecular weight is 1320 g/mol. The van der Waals surface area contributed by atoms with E-state index >= 15 is 0 Å². The van der Waals surface area contributed by atoms with Gasteiger partial charge in [-0.3, -0.25) is 19.2 Å². The maximum atomic E-state index is 11.7. The molecule has 12 nitrogen and oxygen atoms in total. The van der Waals surface area contributed by atoms with Crippen LogP contribution in [0.4, 0.5) is 0 Å². The predicted molar refractivity (Wildman–Crippen MR) is 395 cm³/mol. The van der Waals surface area contributed by atoms with E-state index in [1.54, 1.807) is 36.4 Å². The van der Waals surface area contributed by atoms with Gasteiger partial charge in [0.2, 0.25) is 0 Å². The van der Waals surface area contributed by atoms with Crippen LogP contribution < -0.4 is 4.74 Å². The molecule has 0 saturated heterocycles. The van der Waals surface area contributed by atoms with Gasteiger partial charge in [-0.25, -0.2) is 0 Å². The SMILES string of the molecule is CCC(C)C(=O)OC.CCC(C)C(=O)OC(C)(C)C.CCC(C)C(=O)OC1(CC)CCCC1.CCC(C)C(=O)OCc1ccccc1.CCC(C)c1ccc(O)cc1.CCC(C)c1ccc(O)cc1.CCC(C)c1ccc(O)cc1.CCC(C)c1ccc(OC(C)(C)C)cc1. The van der Waals surface area contributed by atoms with E-state index in [0.29, 0.717) is 47.5 Å². The van der Waals surface area contributed by atoms with Gasteiger partial charge in [-0.2, -0.15) is 0 Å². The molecule has 1 fully saturated rings. The van der Waals surface area contributed by atoms with E-state index in [4.69, 9.17) is 34.3 Å². The van der Waals surface area contributed by atoms with Crippen molar-refractivity contribution < 1.29 is 58.2 Å². The molecule has 1 aliphatic rings. The van der Waals surface area contributed by atoms with E-state index in [2.05, 4.69) is 112 Å². The van der Waals surface area contributed by atoms with Crippen LogP contribution in [0.3, 0.4) is 0 Å².